The molecule has 1 aromatic rings. The van der Waals surface area contributed by atoms with Crippen molar-refractivity contribution in [2.45, 2.75) is 12.8 Å². The lowest BCUT2D eigenvalue weighted by molar-refractivity contribution is -0.145. The summed E-state index contributed by atoms with van der Waals surface area (Å²) in [5.41, 5.74) is 12.1. The molecule has 0 aromatic heterocycles. The molecule has 6 heteroatoms. The predicted octanol–water partition coefficient (Wildman–Crippen LogP) is 0.349. The van der Waals surface area contributed by atoms with Crippen LogP contribution in [0.25, 0.3) is 0 Å². The van der Waals surface area contributed by atoms with E-state index in [1.165, 1.54) is 0 Å². The fourth-order valence-corrected chi connectivity index (χ4v) is 2.52. The Labute approximate surface area is 116 Å². The zero-order chi connectivity index (χ0) is 14.9. The zero-order valence-corrected chi connectivity index (χ0v) is 11.1. The minimum atomic E-state index is -0.545. The number of nitrogens with one attached hydrogen (secondary N) is 1. The molecule has 5 N–H and O–H groups in total. The van der Waals surface area contributed by atoms with E-state index in [-0.39, 0.29) is 18.4 Å². The van der Waals surface area contributed by atoms with Gasteiger partial charge < -0.3 is 16.2 Å². The zero-order valence-electron chi connectivity index (χ0n) is 11.1. The van der Waals surface area contributed by atoms with E-state index in [1.807, 2.05) is 0 Å². The Kier molecular flexibility index (Phi) is 3.74. The quantitative estimate of drug-likeness (QED) is 0.408. The highest BCUT2D eigenvalue weighted by atomic mass is 16.5. The van der Waals surface area contributed by atoms with Gasteiger partial charge in [0.05, 0.1) is 18.4 Å². The lowest BCUT2D eigenvalue weighted by Gasteiger charge is -2.03. The summed E-state index contributed by atoms with van der Waals surface area (Å²) >= 11 is 0. The first-order chi connectivity index (χ1) is 9.47. The summed E-state index contributed by atoms with van der Waals surface area (Å²) in [6, 6.07) is 6.95. The SMILES string of the molecule is CCOC(=O)[C@@H]1[C@@H](C(N)=O)[C@H]1c1cccc(C(=N)N)c1. The Balaban J connectivity index is 2.27. The number of nitrogens with two attached hydrogens (primary N) is 2. The van der Waals surface area contributed by atoms with Crippen molar-refractivity contribution >= 4 is 17.7 Å². The van der Waals surface area contributed by atoms with Crippen LogP contribution in [0.4, 0.5) is 0 Å². The molecule has 1 aliphatic carbocycles. The van der Waals surface area contributed by atoms with Gasteiger partial charge in [-0.3, -0.25) is 15.0 Å². The predicted molar refractivity (Wildman–Crippen MR) is 73.0 cm³/mol. The van der Waals surface area contributed by atoms with Gasteiger partial charge >= 0.3 is 5.97 Å². The van der Waals surface area contributed by atoms with Crippen LogP contribution in [0.15, 0.2) is 24.3 Å². The third kappa shape index (κ3) is 2.49. The molecule has 3 atom stereocenters. The first kappa shape index (κ1) is 14.0. The molecule has 0 heterocycles. The summed E-state index contributed by atoms with van der Waals surface area (Å²) in [6.07, 6.45) is 0. The van der Waals surface area contributed by atoms with Gasteiger partial charge in [-0.05, 0) is 18.6 Å². The van der Waals surface area contributed by atoms with E-state index in [4.69, 9.17) is 21.6 Å². The standard InChI is InChI=1S/C14H17N3O3/c1-2-20-14(19)11-9(10(11)13(17)18)7-4-3-5-8(6-7)12(15)16/h3-6,9-11H,2H2,1H3,(H3,15,16)(H2,17,18)/t9-,10+,11+/m1/s1. The van der Waals surface area contributed by atoms with Crippen LogP contribution in [0.5, 0.6) is 0 Å². The largest absolute Gasteiger partial charge is 0.466 e. The topological polar surface area (TPSA) is 119 Å². The number of nitrogen functional groups attached to an aromatic ring is 1. The van der Waals surface area contributed by atoms with Crippen LogP contribution in [0, 0.1) is 17.2 Å². The average Bonchev–Trinajstić information content (AvgIpc) is 3.14. The molecule has 1 fully saturated rings. The van der Waals surface area contributed by atoms with Crippen molar-refractivity contribution in [1.29, 1.82) is 5.41 Å². The van der Waals surface area contributed by atoms with Crippen LogP contribution in [-0.4, -0.2) is 24.3 Å². The van der Waals surface area contributed by atoms with Gasteiger partial charge in [-0.15, -0.1) is 0 Å². The van der Waals surface area contributed by atoms with Crippen molar-refractivity contribution < 1.29 is 14.3 Å². The summed E-state index contributed by atoms with van der Waals surface area (Å²) in [4.78, 5) is 23.3. The molecule has 1 aliphatic rings. The lowest BCUT2D eigenvalue weighted by Crippen LogP contribution is -2.17. The van der Waals surface area contributed by atoms with E-state index in [9.17, 15) is 9.59 Å². The smallest absolute Gasteiger partial charge is 0.310 e. The summed E-state index contributed by atoms with van der Waals surface area (Å²) < 4.78 is 4.96. The van der Waals surface area contributed by atoms with Crippen LogP contribution in [0.3, 0.4) is 0 Å². The second kappa shape index (κ2) is 5.32. The minimum absolute atomic E-state index is 0.0594. The van der Waals surface area contributed by atoms with E-state index in [1.54, 1.807) is 31.2 Å². The molecule has 0 unspecified atom stereocenters. The molecule has 106 valence electrons. The first-order valence-corrected chi connectivity index (χ1v) is 6.37. The first-order valence-electron chi connectivity index (χ1n) is 6.37. The molecular formula is C14H17N3O3. The minimum Gasteiger partial charge on any atom is -0.466 e. The molecule has 1 amide bonds. The molecule has 1 saturated carbocycles. The van der Waals surface area contributed by atoms with Crippen molar-refractivity contribution in [2.75, 3.05) is 6.61 Å². The fourth-order valence-electron chi connectivity index (χ4n) is 2.52. The van der Waals surface area contributed by atoms with Gasteiger partial charge in [0.2, 0.25) is 5.91 Å². The number of esters is 1. The second-order valence-electron chi connectivity index (χ2n) is 4.77. The van der Waals surface area contributed by atoms with E-state index in [0.717, 1.165) is 5.56 Å². The van der Waals surface area contributed by atoms with Gasteiger partial charge in [0, 0.05) is 11.5 Å². The van der Waals surface area contributed by atoms with Crippen molar-refractivity contribution in [3.63, 3.8) is 0 Å². The molecule has 0 bridgehead atoms. The van der Waals surface area contributed by atoms with E-state index in [2.05, 4.69) is 0 Å². The second-order valence-corrected chi connectivity index (χ2v) is 4.77. The van der Waals surface area contributed by atoms with Crippen molar-refractivity contribution in [1.82, 2.24) is 0 Å². The number of carbonyl (C=O) groups is 2. The molecule has 1 aromatic carbocycles. The van der Waals surface area contributed by atoms with Crippen molar-refractivity contribution in [3.8, 4) is 0 Å². The maximum atomic E-state index is 11.8. The molecule has 2 rings (SSSR count). The van der Waals surface area contributed by atoms with E-state index >= 15 is 0 Å². The van der Waals surface area contributed by atoms with Crippen molar-refractivity contribution in [2.24, 2.45) is 23.3 Å². The highest BCUT2D eigenvalue weighted by Crippen LogP contribution is 2.54. The molecule has 20 heavy (non-hydrogen) atoms. The molecular weight excluding hydrogens is 258 g/mol. The fraction of sp³-hybridized carbons (Fsp3) is 0.357. The summed E-state index contributed by atoms with van der Waals surface area (Å²) in [7, 11) is 0. The third-order valence-corrected chi connectivity index (χ3v) is 3.49. The number of hydrogen-bond acceptors (Lipinski definition) is 4. The Hall–Kier alpha value is -2.37. The maximum Gasteiger partial charge on any atom is 0.310 e. The Bertz CT molecular complexity index is 571. The van der Waals surface area contributed by atoms with E-state index in [0.29, 0.717) is 5.56 Å². The maximum absolute atomic E-state index is 11.8. The Morgan fingerprint density at radius 3 is 2.55 bits per heavy atom. The number of primary amides is 1. The number of hydrogen-bond donors (Lipinski definition) is 3. The van der Waals surface area contributed by atoms with E-state index < -0.39 is 23.7 Å². The lowest BCUT2D eigenvalue weighted by atomic mass is 10.0. The molecule has 0 radical (unpaired) electrons. The highest BCUT2D eigenvalue weighted by Gasteiger charge is 2.59. The van der Waals surface area contributed by atoms with Crippen LogP contribution in [0.1, 0.15) is 24.0 Å². The van der Waals surface area contributed by atoms with Crippen LogP contribution in [0.2, 0.25) is 0 Å². The van der Waals surface area contributed by atoms with Gasteiger partial charge in [-0.25, -0.2) is 0 Å². The van der Waals surface area contributed by atoms with Gasteiger partial charge in [-0.1, -0.05) is 18.2 Å². The number of rotatable bonds is 5. The van der Waals surface area contributed by atoms with Gasteiger partial charge in [-0.2, -0.15) is 0 Å². The molecule has 0 spiro atoms. The Morgan fingerprint density at radius 2 is 2.00 bits per heavy atom. The van der Waals surface area contributed by atoms with Crippen molar-refractivity contribution in [3.05, 3.63) is 35.4 Å². The number of amides is 1. The third-order valence-electron chi connectivity index (χ3n) is 3.49. The summed E-state index contributed by atoms with van der Waals surface area (Å²) in [5, 5.41) is 7.42. The Morgan fingerprint density at radius 1 is 1.30 bits per heavy atom. The van der Waals surface area contributed by atoms with Gasteiger partial charge in [0.1, 0.15) is 5.84 Å². The summed E-state index contributed by atoms with van der Waals surface area (Å²) in [5.74, 6) is -2.34. The monoisotopic (exact) mass is 275 g/mol. The van der Waals surface area contributed by atoms with Crippen LogP contribution < -0.4 is 11.5 Å². The number of carbonyl (C=O) groups excluding carboxylic acids is 2. The number of ether oxygens (including phenoxy) is 1. The molecule has 0 saturated heterocycles. The summed E-state index contributed by atoms with van der Waals surface area (Å²) in [6.45, 7) is 1.98. The molecule has 6 nitrogen and oxygen atoms in total. The van der Waals surface area contributed by atoms with Crippen LogP contribution >= 0.6 is 0 Å². The number of benzene rings is 1. The normalized spacial score (nSPS) is 23.9. The number of amidine groups is 1. The highest BCUT2D eigenvalue weighted by molar-refractivity contribution is 5.96. The molecule has 0 aliphatic heterocycles. The van der Waals surface area contributed by atoms with Gasteiger partial charge in [0.25, 0.3) is 0 Å². The van der Waals surface area contributed by atoms with Crippen LogP contribution in [-0.2, 0) is 14.3 Å². The average molecular weight is 275 g/mol. The van der Waals surface area contributed by atoms with Gasteiger partial charge in [0.15, 0.2) is 0 Å².